The molecule has 18 heavy (non-hydrogen) atoms. The van der Waals surface area contributed by atoms with E-state index in [4.69, 9.17) is 4.74 Å². The first-order valence-electron chi connectivity index (χ1n) is 6.43. The molecule has 1 saturated heterocycles. The third-order valence-electron chi connectivity index (χ3n) is 3.39. The van der Waals surface area contributed by atoms with Crippen molar-refractivity contribution in [2.45, 2.75) is 32.8 Å². The maximum atomic E-state index is 11.0. The highest BCUT2D eigenvalue weighted by Crippen LogP contribution is 2.28. The Hall–Kier alpha value is -0.940. The van der Waals surface area contributed by atoms with Crippen LogP contribution in [-0.4, -0.2) is 31.5 Å². The van der Waals surface area contributed by atoms with Gasteiger partial charge in [-0.05, 0) is 25.2 Å². The third-order valence-corrected chi connectivity index (χ3v) is 4.48. The second-order valence-corrected chi connectivity index (χ2v) is 5.89. The van der Waals surface area contributed by atoms with E-state index in [1.807, 2.05) is 0 Å². The Labute approximate surface area is 112 Å². The van der Waals surface area contributed by atoms with Crippen molar-refractivity contribution < 1.29 is 9.53 Å². The van der Waals surface area contributed by atoms with Crippen LogP contribution in [0.15, 0.2) is 0 Å². The van der Waals surface area contributed by atoms with E-state index >= 15 is 0 Å². The van der Waals surface area contributed by atoms with Crippen LogP contribution in [0.3, 0.4) is 0 Å². The lowest BCUT2D eigenvalue weighted by atomic mass is 10.0. The standard InChI is InChI=1S/C13H20N2O2S/c1-10-4-3-6-15(7-5-10)13-14-11(9-17-2)12(8-16)18-13/h8,10H,3-7,9H2,1-2H3. The molecule has 0 amide bonds. The summed E-state index contributed by atoms with van der Waals surface area (Å²) in [6, 6.07) is 0. The van der Waals surface area contributed by atoms with Crippen LogP contribution < -0.4 is 4.90 Å². The number of ether oxygens (including phenoxy) is 1. The number of carbonyl (C=O) groups excluding carboxylic acids is 1. The minimum absolute atomic E-state index is 0.412. The molecule has 0 N–H and O–H groups in total. The summed E-state index contributed by atoms with van der Waals surface area (Å²) in [6.07, 6.45) is 4.58. The predicted molar refractivity (Wildman–Crippen MR) is 73.4 cm³/mol. The maximum Gasteiger partial charge on any atom is 0.186 e. The van der Waals surface area contributed by atoms with E-state index in [9.17, 15) is 4.79 Å². The van der Waals surface area contributed by atoms with E-state index in [2.05, 4.69) is 16.8 Å². The van der Waals surface area contributed by atoms with Crippen molar-refractivity contribution in [3.05, 3.63) is 10.6 Å². The van der Waals surface area contributed by atoms with Crippen molar-refractivity contribution in [2.24, 2.45) is 5.92 Å². The minimum Gasteiger partial charge on any atom is -0.378 e. The normalized spacial score (nSPS) is 20.8. The zero-order valence-electron chi connectivity index (χ0n) is 11.0. The van der Waals surface area contributed by atoms with Gasteiger partial charge in [0, 0.05) is 20.2 Å². The van der Waals surface area contributed by atoms with E-state index < -0.39 is 0 Å². The van der Waals surface area contributed by atoms with Crippen molar-refractivity contribution in [1.82, 2.24) is 4.98 Å². The number of hydrogen-bond acceptors (Lipinski definition) is 5. The topological polar surface area (TPSA) is 42.4 Å². The van der Waals surface area contributed by atoms with Crippen LogP contribution in [0.25, 0.3) is 0 Å². The minimum atomic E-state index is 0.412. The van der Waals surface area contributed by atoms with Gasteiger partial charge in [0.25, 0.3) is 0 Å². The second kappa shape index (κ2) is 6.29. The Morgan fingerprint density at radius 2 is 2.33 bits per heavy atom. The SMILES string of the molecule is COCc1nc(N2CCCC(C)CC2)sc1C=O. The lowest BCUT2D eigenvalue weighted by Gasteiger charge is -2.18. The van der Waals surface area contributed by atoms with Crippen LogP contribution in [0.5, 0.6) is 0 Å². The van der Waals surface area contributed by atoms with E-state index in [1.165, 1.54) is 30.6 Å². The van der Waals surface area contributed by atoms with Crippen LogP contribution in [0.1, 0.15) is 41.6 Å². The molecule has 2 rings (SSSR count). The molecule has 0 saturated carbocycles. The summed E-state index contributed by atoms with van der Waals surface area (Å²) in [6.45, 7) is 4.80. The molecule has 2 heterocycles. The molecule has 1 aromatic heterocycles. The van der Waals surface area contributed by atoms with Gasteiger partial charge in [0.1, 0.15) is 0 Å². The van der Waals surface area contributed by atoms with E-state index in [0.717, 1.165) is 36.1 Å². The van der Waals surface area contributed by atoms with Gasteiger partial charge >= 0.3 is 0 Å². The molecule has 0 aliphatic carbocycles. The molecule has 1 aliphatic heterocycles. The molecule has 0 aromatic carbocycles. The van der Waals surface area contributed by atoms with Crippen molar-refractivity contribution in [2.75, 3.05) is 25.1 Å². The summed E-state index contributed by atoms with van der Waals surface area (Å²) >= 11 is 1.48. The number of thiazole rings is 1. The number of aldehydes is 1. The lowest BCUT2D eigenvalue weighted by Crippen LogP contribution is -2.23. The van der Waals surface area contributed by atoms with Gasteiger partial charge in [-0.15, -0.1) is 0 Å². The molecule has 100 valence electrons. The zero-order chi connectivity index (χ0) is 13.0. The highest BCUT2D eigenvalue weighted by Gasteiger charge is 2.19. The largest absolute Gasteiger partial charge is 0.378 e. The number of nitrogens with zero attached hydrogens (tertiary/aromatic N) is 2. The number of aromatic nitrogens is 1. The number of methoxy groups -OCH3 is 1. The molecule has 1 aliphatic rings. The van der Waals surface area contributed by atoms with Gasteiger partial charge in [-0.2, -0.15) is 0 Å². The number of rotatable bonds is 4. The Morgan fingerprint density at radius 1 is 1.50 bits per heavy atom. The van der Waals surface area contributed by atoms with Crippen molar-refractivity contribution >= 4 is 22.8 Å². The second-order valence-electron chi connectivity index (χ2n) is 4.88. The average Bonchev–Trinajstić information content (AvgIpc) is 2.64. The maximum absolute atomic E-state index is 11.0. The molecule has 1 fully saturated rings. The van der Waals surface area contributed by atoms with Gasteiger partial charge in [-0.1, -0.05) is 18.3 Å². The molecular formula is C13H20N2O2S. The Balaban J connectivity index is 2.14. The monoisotopic (exact) mass is 268 g/mol. The fourth-order valence-electron chi connectivity index (χ4n) is 2.27. The van der Waals surface area contributed by atoms with E-state index in [-0.39, 0.29) is 0 Å². The molecule has 1 aromatic rings. The van der Waals surface area contributed by atoms with Gasteiger partial charge in [0.2, 0.25) is 0 Å². The molecule has 0 spiro atoms. The van der Waals surface area contributed by atoms with Crippen LogP contribution in [0, 0.1) is 5.92 Å². The Kier molecular flexibility index (Phi) is 4.72. The summed E-state index contributed by atoms with van der Waals surface area (Å²) in [5.41, 5.74) is 0.768. The number of carbonyl (C=O) groups is 1. The highest BCUT2D eigenvalue weighted by molar-refractivity contribution is 7.17. The fraction of sp³-hybridized carbons (Fsp3) is 0.692. The van der Waals surface area contributed by atoms with Crippen molar-refractivity contribution in [1.29, 1.82) is 0 Å². The first-order valence-corrected chi connectivity index (χ1v) is 7.25. The number of anilines is 1. The number of hydrogen-bond donors (Lipinski definition) is 0. The van der Waals surface area contributed by atoms with Gasteiger partial charge in [0.05, 0.1) is 17.2 Å². The van der Waals surface area contributed by atoms with Crippen molar-refractivity contribution in [3.63, 3.8) is 0 Å². The molecule has 0 radical (unpaired) electrons. The first kappa shape index (κ1) is 13.5. The average molecular weight is 268 g/mol. The van der Waals surface area contributed by atoms with Crippen LogP contribution in [0.2, 0.25) is 0 Å². The first-order chi connectivity index (χ1) is 8.74. The smallest absolute Gasteiger partial charge is 0.186 e. The summed E-state index contributed by atoms with van der Waals surface area (Å²) in [5, 5.41) is 0.971. The summed E-state index contributed by atoms with van der Waals surface area (Å²) in [4.78, 5) is 18.6. The van der Waals surface area contributed by atoms with Crippen molar-refractivity contribution in [3.8, 4) is 0 Å². The van der Waals surface area contributed by atoms with Crippen LogP contribution >= 0.6 is 11.3 Å². The fourth-order valence-corrected chi connectivity index (χ4v) is 3.21. The molecule has 1 unspecified atom stereocenters. The quantitative estimate of drug-likeness (QED) is 0.787. The third kappa shape index (κ3) is 3.09. The molecule has 0 bridgehead atoms. The highest BCUT2D eigenvalue weighted by atomic mass is 32.1. The van der Waals surface area contributed by atoms with Crippen LogP contribution in [-0.2, 0) is 11.3 Å². The Morgan fingerprint density at radius 3 is 3.06 bits per heavy atom. The Bertz CT molecular complexity index is 406. The summed E-state index contributed by atoms with van der Waals surface area (Å²) in [5.74, 6) is 0.791. The summed E-state index contributed by atoms with van der Waals surface area (Å²) in [7, 11) is 1.63. The predicted octanol–water partition coefficient (Wildman–Crippen LogP) is 2.73. The summed E-state index contributed by atoms with van der Waals surface area (Å²) < 4.78 is 5.08. The van der Waals surface area contributed by atoms with Gasteiger partial charge in [0.15, 0.2) is 11.4 Å². The van der Waals surface area contributed by atoms with E-state index in [0.29, 0.717) is 11.5 Å². The van der Waals surface area contributed by atoms with E-state index in [1.54, 1.807) is 7.11 Å². The van der Waals surface area contributed by atoms with Gasteiger partial charge < -0.3 is 9.64 Å². The molecular weight excluding hydrogens is 248 g/mol. The lowest BCUT2D eigenvalue weighted by molar-refractivity contribution is 0.112. The molecule has 4 nitrogen and oxygen atoms in total. The molecule has 1 atom stereocenters. The van der Waals surface area contributed by atoms with Gasteiger partial charge in [-0.3, -0.25) is 4.79 Å². The van der Waals surface area contributed by atoms with Gasteiger partial charge in [-0.25, -0.2) is 4.98 Å². The van der Waals surface area contributed by atoms with Crippen LogP contribution in [0.4, 0.5) is 5.13 Å². The zero-order valence-corrected chi connectivity index (χ0v) is 11.8. The molecule has 5 heteroatoms.